The number of hydrogen-bond acceptors (Lipinski definition) is 11. The summed E-state index contributed by atoms with van der Waals surface area (Å²) in [4.78, 5) is 49.5. The fraction of sp³-hybridized carbons (Fsp3) is 0.289. The highest BCUT2D eigenvalue weighted by molar-refractivity contribution is 7.99. The van der Waals surface area contributed by atoms with Crippen molar-refractivity contribution < 1.29 is 42.5 Å². The standard InChI is InChI=1S/C38H43ClN6O9S3/c1-3-31(43-36(48)34-16-13-27(56-34)20-42-57(52,53)28-14-15-29(37(49)50)33(46)19-28)32(23-55-22-25-7-5-6-8-30(25)39)44-45-38(51)41-18-17-24-9-11-26(12-10-24)54-21-35(47)40-4-2/h5-16,19,31,42,46H,3-4,17-18,20-23H2,1-2H3,(H,40,47)(H,43,48)(H,49,50)(H2,41,45,51)/b44-32+/t31-/m0/s1. The minimum Gasteiger partial charge on any atom is -0.507 e. The number of ether oxygens (including phenoxy) is 1. The molecule has 304 valence electrons. The summed E-state index contributed by atoms with van der Waals surface area (Å²) in [5, 5.41) is 32.5. The molecule has 1 aromatic heterocycles. The first-order chi connectivity index (χ1) is 27.3. The van der Waals surface area contributed by atoms with Crippen LogP contribution in [0.4, 0.5) is 4.79 Å². The molecule has 0 saturated heterocycles. The molecule has 4 amide bonds. The second kappa shape index (κ2) is 22.0. The lowest BCUT2D eigenvalue weighted by atomic mass is 10.1. The molecule has 1 atom stereocenters. The third-order valence-corrected chi connectivity index (χ3v) is 11.9. The van der Waals surface area contributed by atoms with Crippen LogP contribution in [0.3, 0.4) is 0 Å². The smallest absolute Gasteiger partial charge is 0.339 e. The number of aromatic hydroxyl groups is 1. The van der Waals surface area contributed by atoms with Gasteiger partial charge in [0, 0.05) is 47.1 Å². The van der Waals surface area contributed by atoms with E-state index in [-0.39, 0.29) is 24.0 Å². The fourth-order valence-corrected chi connectivity index (χ4v) is 8.38. The Bertz CT molecular complexity index is 2160. The van der Waals surface area contributed by atoms with E-state index in [4.69, 9.17) is 21.4 Å². The van der Waals surface area contributed by atoms with Crippen molar-refractivity contribution in [3.05, 3.63) is 110 Å². The Morgan fingerprint density at radius 1 is 0.982 bits per heavy atom. The zero-order valence-corrected chi connectivity index (χ0v) is 34.2. The molecule has 0 aliphatic heterocycles. The molecular formula is C38H43ClN6O9S3. The first kappa shape index (κ1) is 44.6. The monoisotopic (exact) mass is 858 g/mol. The van der Waals surface area contributed by atoms with E-state index in [0.29, 0.717) is 63.7 Å². The third kappa shape index (κ3) is 14.1. The van der Waals surface area contributed by atoms with Crippen LogP contribution < -0.4 is 30.8 Å². The van der Waals surface area contributed by atoms with Gasteiger partial charge in [0.15, 0.2) is 6.61 Å². The SMILES string of the molecule is CCNC(=O)COc1ccc(CCNC(=O)N/N=C(\CSCc2ccccc2Cl)[C@H](CC)NC(=O)c2ccc(CNS(=O)(=O)c3ccc(C(=O)O)c(O)c3)s2)cc1. The number of thioether (sulfide) groups is 1. The molecule has 0 unspecified atom stereocenters. The Balaban J connectivity index is 1.36. The summed E-state index contributed by atoms with van der Waals surface area (Å²) in [6, 6.07) is 19.6. The number of likely N-dealkylation sites (N-methyl/N-ethyl adjacent to an activating group) is 1. The van der Waals surface area contributed by atoms with E-state index in [2.05, 4.69) is 31.2 Å². The molecule has 4 aromatic rings. The molecule has 0 radical (unpaired) electrons. The normalized spacial score (nSPS) is 12.0. The highest BCUT2D eigenvalue weighted by atomic mass is 35.5. The van der Waals surface area contributed by atoms with E-state index in [1.807, 2.05) is 44.2 Å². The molecule has 0 bridgehead atoms. The molecule has 0 fully saturated rings. The number of halogens is 1. The highest BCUT2D eigenvalue weighted by Gasteiger charge is 2.22. The lowest BCUT2D eigenvalue weighted by Crippen LogP contribution is -2.43. The van der Waals surface area contributed by atoms with Crippen LogP contribution in [0.1, 0.15) is 56.3 Å². The van der Waals surface area contributed by atoms with E-state index in [1.165, 1.54) is 11.8 Å². The molecule has 1 heterocycles. The summed E-state index contributed by atoms with van der Waals surface area (Å²) in [6.45, 7) is 4.28. The third-order valence-electron chi connectivity index (χ3n) is 8.08. The summed E-state index contributed by atoms with van der Waals surface area (Å²) in [5.41, 5.74) is 4.48. The lowest BCUT2D eigenvalue weighted by molar-refractivity contribution is -0.123. The van der Waals surface area contributed by atoms with Crippen molar-refractivity contribution in [1.82, 2.24) is 26.1 Å². The average Bonchev–Trinajstić information content (AvgIpc) is 3.67. The van der Waals surface area contributed by atoms with Crippen molar-refractivity contribution in [2.75, 3.05) is 25.4 Å². The number of carbonyl (C=O) groups excluding carboxylic acids is 3. The van der Waals surface area contributed by atoms with Crippen molar-refractivity contribution in [3.8, 4) is 11.5 Å². The fourth-order valence-electron chi connectivity index (χ4n) is 5.08. The number of aromatic carboxylic acids is 1. The Hall–Kier alpha value is -5.14. The number of carboxylic acid groups (broad SMARTS) is 1. The number of carbonyl (C=O) groups is 4. The van der Waals surface area contributed by atoms with Gasteiger partial charge in [0.25, 0.3) is 11.8 Å². The second-order valence-electron chi connectivity index (χ2n) is 12.2. The number of nitrogens with zero attached hydrogens (tertiary/aromatic N) is 1. The zero-order valence-electron chi connectivity index (χ0n) is 31.0. The van der Waals surface area contributed by atoms with Crippen LogP contribution in [0, 0.1) is 0 Å². The maximum atomic E-state index is 13.4. The van der Waals surface area contributed by atoms with Gasteiger partial charge >= 0.3 is 12.0 Å². The van der Waals surface area contributed by atoms with Crippen molar-refractivity contribution in [3.63, 3.8) is 0 Å². The van der Waals surface area contributed by atoms with E-state index in [1.54, 1.807) is 30.3 Å². The number of hydrazone groups is 1. The molecule has 7 N–H and O–H groups in total. The minimum absolute atomic E-state index is 0.0791. The largest absolute Gasteiger partial charge is 0.507 e. The van der Waals surface area contributed by atoms with Gasteiger partial charge in [0.2, 0.25) is 10.0 Å². The van der Waals surface area contributed by atoms with Crippen LogP contribution in [0.2, 0.25) is 5.02 Å². The first-order valence-corrected chi connectivity index (χ1v) is 21.5. The van der Waals surface area contributed by atoms with Crippen molar-refractivity contribution in [2.45, 2.75) is 49.9 Å². The molecule has 15 nitrogen and oxygen atoms in total. The molecule has 4 rings (SSSR count). The maximum Gasteiger partial charge on any atom is 0.339 e. The summed E-state index contributed by atoms with van der Waals surface area (Å²) in [7, 11) is -4.12. The number of amides is 4. The van der Waals surface area contributed by atoms with Crippen LogP contribution in [-0.4, -0.2) is 79.6 Å². The zero-order chi connectivity index (χ0) is 41.4. The van der Waals surface area contributed by atoms with Crippen molar-refractivity contribution >= 4 is 74.2 Å². The van der Waals surface area contributed by atoms with Gasteiger partial charge in [0.05, 0.1) is 21.5 Å². The number of phenols is 1. The van der Waals surface area contributed by atoms with E-state index >= 15 is 0 Å². The van der Waals surface area contributed by atoms with Crippen LogP contribution in [0.15, 0.2) is 88.9 Å². The highest BCUT2D eigenvalue weighted by Crippen LogP contribution is 2.24. The number of nitrogens with one attached hydrogen (secondary N) is 5. The number of urea groups is 1. The summed E-state index contributed by atoms with van der Waals surface area (Å²) in [6.07, 6.45) is 0.963. The molecule has 0 aliphatic carbocycles. The van der Waals surface area contributed by atoms with Crippen LogP contribution in [0.5, 0.6) is 11.5 Å². The van der Waals surface area contributed by atoms with E-state index in [9.17, 15) is 32.7 Å². The van der Waals surface area contributed by atoms with Gasteiger partial charge in [0.1, 0.15) is 17.1 Å². The average molecular weight is 859 g/mol. The van der Waals surface area contributed by atoms with Crippen molar-refractivity contribution in [1.29, 1.82) is 0 Å². The summed E-state index contributed by atoms with van der Waals surface area (Å²) >= 11 is 8.93. The molecular weight excluding hydrogens is 816 g/mol. The molecule has 57 heavy (non-hydrogen) atoms. The molecule has 19 heteroatoms. The number of carboxylic acids is 1. The van der Waals surface area contributed by atoms with Gasteiger partial charge in [-0.2, -0.15) is 16.9 Å². The Kier molecular flexibility index (Phi) is 17.2. The van der Waals surface area contributed by atoms with Gasteiger partial charge in [-0.3, -0.25) is 9.59 Å². The van der Waals surface area contributed by atoms with Gasteiger partial charge < -0.3 is 30.9 Å². The minimum atomic E-state index is -4.12. The predicted octanol–water partition coefficient (Wildman–Crippen LogP) is 5.14. The topological polar surface area (TPSA) is 225 Å². The number of benzene rings is 3. The Morgan fingerprint density at radius 3 is 2.42 bits per heavy atom. The Labute approximate surface area is 343 Å². The van der Waals surface area contributed by atoms with Gasteiger partial charge in [-0.1, -0.05) is 48.9 Å². The van der Waals surface area contributed by atoms with Crippen LogP contribution in [-0.2, 0) is 33.5 Å². The number of thiophene rings is 1. The van der Waals surface area contributed by atoms with E-state index in [0.717, 1.165) is 40.7 Å². The predicted molar refractivity (Wildman–Crippen MR) is 221 cm³/mol. The van der Waals surface area contributed by atoms with Gasteiger partial charge in [-0.25, -0.2) is 28.2 Å². The van der Waals surface area contributed by atoms with Gasteiger partial charge in [-0.05, 0) is 73.4 Å². The Morgan fingerprint density at radius 2 is 1.74 bits per heavy atom. The molecule has 0 spiro atoms. The first-order valence-electron chi connectivity index (χ1n) is 17.6. The lowest BCUT2D eigenvalue weighted by Gasteiger charge is -2.19. The summed E-state index contributed by atoms with van der Waals surface area (Å²) in [5.74, 6) is -1.27. The maximum absolute atomic E-state index is 13.4. The molecule has 0 saturated carbocycles. The summed E-state index contributed by atoms with van der Waals surface area (Å²) < 4.78 is 33.5. The van der Waals surface area contributed by atoms with Crippen LogP contribution in [0.25, 0.3) is 0 Å². The van der Waals surface area contributed by atoms with Crippen LogP contribution >= 0.6 is 34.7 Å². The van der Waals surface area contributed by atoms with Crippen molar-refractivity contribution in [2.24, 2.45) is 5.10 Å². The molecule has 0 aliphatic rings. The quantitative estimate of drug-likeness (QED) is 0.0432. The van der Waals surface area contributed by atoms with E-state index < -0.39 is 45.3 Å². The van der Waals surface area contributed by atoms with Gasteiger partial charge in [-0.15, -0.1) is 11.3 Å². The molecule has 3 aromatic carbocycles. The number of hydrogen-bond donors (Lipinski definition) is 7. The second-order valence-corrected chi connectivity index (χ2v) is 16.5. The number of sulfonamides is 1. The number of rotatable bonds is 21.